The van der Waals surface area contributed by atoms with Crippen LogP contribution in [0, 0.1) is 0 Å². The zero-order valence-electron chi connectivity index (χ0n) is 15.8. The van der Waals surface area contributed by atoms with Gasteiger partial charge < -0.3 is 4.52 Å². The molecule has 3 nitrogen and oxygen atoms in total. The van der Waals surface area contributed by atoms with Gasteiger partial charge >= 0.3 is 0 Å². The van der Waals surface area contributed by atoms with E-state index in [0.29, 0.717) is 0 Å². The third kappa shape index (κ3) is 3.54. The van der Waals surface area contributed by atoms with Gasteiger partial charge in [0, 0.05) is 10.8 Å². The van der Waals surface area contributed by atoms with Gasteiger partial charge in [-0.15, -0.1) is 5.10 Å². The molecular weight excluding hydrogens is 332 g/mol. The molecule has 1 aromatic heterocycles. The lowest BCUT2D eigenvalue weighted by molar-refractivity contribution is 0.393. The molecular formula is C24H22N2O. The fourth-order valence-corrected chi connectivity index (χ4v) is 3.25. The molecule has 27 heavy (non-hydrogen) atoms. The molecule has 3 aromatic carbocycles. The average Bonchev–Trinajstić information content (AvgIpc) is 3.22. The molecule has 0 bridgehead atoms. The van der Waals surface area contributed by atoms with E-state index in [2.05, 4.69) is 97.9 Å². The molecule has 0 aliphatic rings. The minimum absolute atomic E-state index is 0.134. The van der Waals surface area contributed by atoms with Gasteiger partial charge in [0.1, 0.15) is 5.69 Å². The van der Waals surface area contributed by atoms with Crippen LogP contribution in [0.4, 0.5) is 0 Å². The van der Waals surface area contributed by atoms with E-state index in [4.69, 9.17) is 4.52 Å². The molecule has 134 valence electrons. The Hall–Kier alpha value is -3.20. The Morgan fingerprint density at radius 3 is 2.00 bits per heavy atom. The lowest BCUT2D eigenvalue weighted by Gasteiger charge is -2.20. The highest BCUT2D eigenvalue weighted by atomic mass is 16.5. The molecule has 0 unspecified atom stereocenters. The van der Waals surface area contributed by atoms with Crippen LogP contribution >= 0.6 is 0 Å². The standard InChI is InChI=1S/C24H22N2O/c1-24(2,3)20-12-9-18(10-13-20)22-15-19(23-16-27-26-25-23)11-14-21(22)17-7-5-4-6-8-17/h4-16H,1-3H3. The lowest BCUT2D eigenvalue weighted by Crippen LogP contribution is -2.10. The van der Waals surface area contributed by atoms with E-state index in [1.165, 1.54) is 27.8 Å². The van der Waals surface area contributed by atoms with E-state index in [0.717, 1.165) is 11.3 Å². The van der Waals surface area contributed by atoms with Crippen LogP contribution in [-0.4, -0.2) is 10.4 Å². The molecule has 1 heterocycles. The second-order valence-corrected chi connectivity index (χ2v) is 7.74. The third-order valence-corrected chi connectivity index (χ3v) is 4.82. The Morgan fingerprint density at radius 2 is 1.37 bits per heavy atom. The summed E-state index contributed by atoms with van der Waals surface area (Å²) >= 11 is 0. The van der Waals surface area contributed by atoms with Crippen molar-refractivity contribution in [1.82, 2.24) is 10.4 Å². The maximum atomic E-state index is 4.92. The van der Waals surface area contributed by atoms with E-state index in [-0.39, 0.29) is 5.41 Å². The predicted molar refractivity (Wildman–Crippen MR) is 109 cm³/mol. The maximum absolute atomic E-state index is 4.92. The maximum Gasteiger partial charge on any atom is 0.152 e. The number of hydrogen-bond donors (Lipinski definition) is 0. The van der Waals surface area contributed by atoms with E-state index >= 15 is 0 Å². The van der Waals surface area contributed by atoms with Gasteiger partial charge in [-0.3, -0.25) is 0 Å². The van der Waals surface area contributed by atoms with Crippen molar-refractivity contribution in [3.8, 4) is 33.5 Å². The highest BCUT2D eigenvalue weighted by Gasteiger charge is 2.15. The van der Waals surface area contributed by atoms with Gasteiger partial charge in [-0.1, -0.05) is 87.5 Å². The molecule has 0 spiro atoms. The molecule has 0 atom stereocenters. The summed E-state index contributed by atoms with van der Waals surface area (Å²) in [5, 5.41) is 7.65. The van der Waals surface area contributed by atoms with Crippen molar-refractivity contribution in [3.63, 3.8) is 0 Å². The van der Waals surface area contributed by atoms with Crippen LogP contribution in [0.1, 0.15) is 26.3 Å². The first-order valence-electron chi connectivity index (χ1n) is 9.10. The Bertz CT molecular complexity index is 1030. The first-order valence-corrected chi connectivity index (χ1v) is 9.10. The van der Waals surface area contributed by atoms with Crippen molar-refractivity contribution < 1.29 is 4.52 Å². The molecule has 3 heteroatoms. The quantitative estimate of drug-likeness (QED) is 0.429. The SMILES string of the molecule is CC(C)(C)c1ccc(-c2cc(-c3conn3)ccc2-c2ccccc2)cc1. The second-order valence-electron chi connectivity index (χ2n) is 7.74. The first-order chi connectivity index (χ1) is 13.0. The second kappa shape index (κ2) is 6.84. The Balaban J connectivity index is 1.87. The summed E-state index contributed by atoms with van der Waals surface area (Å²) in [7, 11) is 0. The largest absolute Gasteiger partial charge is 0.345 e. The van der Waals surface area contributed by atoms with E-state index in [1.807, 2.05) is 6.07 Å². The summed E-state index contributed by atoms with van der Waals surface area (Å²) in [4.78, 5) is 0. The van der Waals surface area contributed by atoms with E-state index < -0.39 is 0 Å². The third-order valence-electron chi connectivity index (χ3n) is 4.82. The highest BCUT2D eigenvalue weighted by molar-refractivity contribution is 5.86. The number of rotatable bonds is 3. The van der Waals surface area contributed by atoms with Crippen molar-refractivity contribution in [1.29, 1.82) is 0 Å². The molecule has 0 aliphatic heterocycles. The van der Waals surface area contributed by atoms with Crippen LogP contribution in [0.25, 0.3) is 33.5 Å². The summed E-state index contributed by atoms with van der Waals surface area (Å²) in [5.74, 6) is 0. The van der Waals surface area contributed by atoms with Crippen molar-refractivity contribution in [2.75, 3.05) is 0 Å². The fourth-order valence-electron chi connectivity index (χ4n) is 3.25. The highest BCUT2D eigenvalue weighted by Crippen LogP contribution is 2.36. The zero-order chi connectivity index (χ0) is 18.9. The normalized spacial score (nSPS) is 11.5. The van der Waals surface area contributed by atoms with Gasteiger partial charge in [-0.2, -0.15) is 0 Å². The number of benzene rings is 3. The van der Waals surface area contributed by atoms with Gasteiger partial charge in [0.05, 0.1) is 0 Å². The monoisotopic (exact) mass is 354 g/mol. The Morgan fingerprint density at radius 1 is 0.704 bits per heavy atom. The van der Waals surface area contributed by atoms with Gasteiger partial charge in [0.15, 0.2) is 6.26 Å². The summed E-state index contributed by atoms with van der Waals surface area (Å²) < 4.78 is 4.92. The number of hydrogen-bond acceptors (Lipinski definition) is 3. The van der Waals surface area contributed by atoms with Crippen molar-refractivity contribution in [3.05, 3.63) is 84.6 Å². The minimum Gasteiger partial charge on any atom is -0.345 e. The summed E-state index contributed by atoms with van der Waals surface area (Å²) in [6.45, 7) is 6.70. The average molecular weight is 354 g/mol. The molecule has 0 saturated carbocycles. The molecule has 0 N–H and O–H groups in total. The zero-order valence-corrected chi connectivity index (χ0v) is 15.8. The van der Waals surface area contributed by atoms with Crippen LogP contribution in [0.2, 0.25) is 0 Å². The van der Waals surface area contributed by atoms with Crippen LogP contribution in [0.15, 0.2) is 83.6 Å². The Kier molecular flexibility index (Phi) is 4.36. The molecule has 0 amide bonds. The van der Waals surface area contributed by atoms with Crippen molar-refractivity contribution in [2.24, 2.45) is 0 Å². The van der Waals surface area contributed by atoms with E-state index in [1.54, 1.807) is 6.26 Å². The molecule has 0 aliphatic carbocycles. The van der Waals surface area contributed by atoms with Gasteiger partial charge in [-0.25, -0.2) is 0 Å². The van der Waals surface area contributed by atoms with Crippen molar-refractivity contribution >= 4 is 0 Å². The number of nitrogens with zero attached hydrogens (tertiary/aromatic N) is 2. The summed E-state index contributed by atoms with van der Waals surface area (Å²) in [6, 6.07) is 25.7. The van der Waals surface area contributed by atoms with Crippen LogP contribution < -0.4 is 0 Å². The van der Waals surface area contributed by atoms with Crippen LogP contribution in [-0.2, 0) is 5.41 Å². The summed E-state index contributed by atoms with van der Waals surface area (Å²) in [5.41, 5.74) is 7.92. The lowest BCUT2D eigenvalue weighted by atomic mass is 9.85. The first kappa shape index (κ1) is 17.2. The molecule has 0 fully saturated rings. The molecule has 4 aromatic rings. The molecule has 0 saturated heterocycles. The Labute approximate surface area is 159 Å². The molecule has 4 rings (SSSR count). The smallest absolute Gasteiger partial charge is 0.152 e. The molecule has 0 radical (unpaired) electrons. The van der Waals surface area contributed by atoms with Gasteiger partial charge in [-0.05, 0) is 39.3 Å². The van der Waals surface area contributed by atoms with Gasteiger partial charge in [0.2, 0.25) is 0 Å². The predicted octanol–water partition coefficient (Wildman–Crippen LogP) is 6.37. The minimum atomic E-state index is 0.134. The number of aromatic nitrogens is 2. The summed E-state index contributed by atoms with van der Waals surface area (Å²) in [6.07, 6.45) is 1.57. The van der Waals surface area contributed by atoms with Crippen LogP contribution in [0.3, 0.4) is 0 Å². The fraction of sp³-hybridized carbons (Fsp3) is 0.167. The topological polar surface area (TPSA) is 38.9 Å². The van der Waals surface area contributed by atoms with E-state index in [9.17, 15) is 0 Å². The van der Waals surface area contributed by atoms with Crippen LogP contribution in [0.5, 0.6) is 0 Å². The van der Waals surface area contributed by atoms with Gasteiger partial charge in [0.25, 0.3) is 0 Å². The van der Waals surface area contributed by atoms with Crippen molar-refractivity contribution in [2.45, 2.75) is 26.2 Å².